The van der Waals surface area contributed by atoms with E-state index in [0.717, 1.165) is 12.2 Å². The molecule has 0 unspecified atom stereocenters. The number of rotatable bonds is 4. The van der Waals surface area contributed by atoms with Gasteiger partial charge in [0.05, 0.1) is 6.33 Å². The van der Waals surface area contributed by atoms with Gasteiger partial charge < -0.3 is 16.0 Å². The molecule has 0 amide bonds. The zero-order chi connectivity index (χ0) is 8.10. The number of aromatic nitrogens is 2. The van der Waals surface area contributed by atoms with Gasteiger partial charge in [-0.3, -0.25) is 0 Å². The van der Waals surface area contributed by atoms with Crippen molar-refractivity contribution in [3.8, 4) is 0 Å². The number of nitrogens with two attached hydrogens (primary N) is 1. The maximum atomic E-state index is 5.42. The largest absolute Gasteiger partial charge is 0.347 e. The van der Waals surface area contributed by atoms with Crippen molar-refractivity contribution in [1.29, 1.82) is 0 Å². The Morgan fingerprint density at radius 2 is 2.64 bits per heavy atom. The highest BCUT2D eigenvalue weighted by Crippen LogP contribution is 1.89. The molecule has 0 aromatic carbocycles. The summed E-state index contributed by atoms with van der Waals surface area (Å²) in [6, 6.07) is 0.360. The standard InChI is InChI=1S/C7H14N4/c1-6(2-8)10-4-7-3-9-5-11-7/h3,5-6,10H,2,4,8H2,1H3,(H,9,11)/t6-/m1/s1. The number of nitrogens with zero attached hydrogens (tertiary/aromatic N) is 1. The minimum Gasteiger partial charge on any atom is -0.347 e. The van der Waals surface area contributed by atoms with Gasteiger partial charge in [-0.15, -0.1) is 0 Å². The summed E-state index contributed by atoms with van der Waals surface area (Å²) in [7, 11) is 0. The summed E-state index contributed by atoms with van der Waals surface area (Å²) in [4.78, 5) is 6.90. The van der Waals surface area contributed by atoms with Gasteiger partial charge in [0.25, 0.3) is 0 Å². The van der Waals surface area contributed by atoms with E-state index in [1.165, 1.54) is 0 Å². The van der Waals surface area contributed by atoms with E-state index in [1.807, 2.05) is 0 Å². The molecule has 62 valence electrons. The van der Waals surface area contributed by atoms with Crippen molar-refractivity contribution in [2.45, 2.75) is 19.5 Å². The van der Waals surface area contributed by atoms with Crippen LogP contribution in [0.3, 0.4) is 0 Å². The molecule has 1 atom stereocenters. The Morgan fingerprint density at radius 1 is 1.82 bits per heavy atom. The summed E-state index contributed by atoms with van der Waals surface area (Å²) in [5.74, 6) is 0. The quantitative estimate of drug-likeness (QED) is 0.565. The molecule has 11 heavy (non-hydrogen) atoms. The zero-order valence-electron chi connectivity index (χ0n) is 6.67. The molecule has 0 saturated carbocycles. The number of imidazole rings is 1. The van der Waals surface area contributed by atoms with Crippen molar-refractivity contribution in [2.24, 2.45) is 5.73 Å². The summed E-state index contributed by atoms with van der Waals surface area (Å²) in [5.41, 5.74) is 6.51. The second-order valence-corrected chi connectivity index (χ2v) is 2.59. The number of hydrogen-bond donors (Lipinski definition) is 3. The topological polar surface area (TPSA) is 66.7 Å². The predicted octanol–water partition coefficient (Wildman–Crippen LogP) is -0.153. The summed E-state index contributed by atoms with van der Waals surface area (Å²) >= 11 is 0. The molecule has 0 radical (unpaired) electrons. The van der Waals surface area contributed by atoms with Gasteiger partial charge in [0.15, 0.2) is 0 Å². The molecule has 1 aromatic heterocycles. The van der Waals surface area contributed by atoms with E-state index >= 15 is 0 Å². The van der Waals surface area contributed by atoms with Crippen molar-refractivity contribution in [2.75, 3.05) is 6.54 Å². The molecule has 0 fully saturated rings. The summed E-state index contributed by atoms with van der Waals surface area (Å²) in [5, 5.41) is 3.24. The van der Waals surface area contributed by atoms with Crippen molar-refractivity contribution >= 4 is 0 Å². The third-order valence-corrected chi connectivity index (χ3v) is 1.55. The van der Waals surface area contributed by atoms with E-state index < -0.39 is 0 Å². The molecule has 4 nitrogen and oxygen atoms in total. The minimum absolute atomic E-state index is 0.360. The van der Waals surface area contributed by atoms with Gasteiger partial charge in [0.1, 0.15) is 0 Å². The summed E-state index contributed by atoms with van der Waals surface area (Å²) < 4.78 is 0. The van der Waals surface area contributed by atoms with E-state index in [1.54, 1.807) is 12.5 Å². The van der Waals surface area contributed by atoms with Crippen molar-refractivity contribution in [3.05, 3.63) is 18.2 Å². The monoisotopic (exact) mass is 154 g/mol. The predicted molar refractivity (Wildman–Crippen MR) is 43.9 cm³/mol. The van der Waals surface area contributed by atoms with Crippen LogP contribution in [-0.4, -0.2) is 22.6 Å². The van der Waals surface area contributed by atoms with Gasteiger partial charge in [-0.05, 0) is 6.92 Å². The molecule has 1 aromatic rings. The van der Waals surface area contributed by atoms with Crippen LogP contribution in [0.25, 0.3) is 0 Å². The second kappa shape index (κ2) is 4.10. The first-order chi connectivity index (χ1) is 5.33. The zero-order valence-corrected chi connectivity index (χ0v) is 6.67. The number of nitrogens with one attached hydrogen (secondary N) is 2. The van der Waals surface area contributed by atoms with Gasteiger partial charge in [0.2, 0.25) is 0 Å². The molecule has 0 saturated heterocycles. The second-order valence-electron chi connectivity index (χ2n) is 2.59. The Labute approximate surface area is 66.2 Å². The SMILES string of the molecule is C[C@H](CN)NCc1cnc[nH]1. The van der Waals surface area contributed by atoms with Crippen molar-refractivity contribution < 1.29 is 0 Å². The van der Waals surface area contributed by atoms with E-state index in [0.29, 0.717) is 12.6 Å². The third-order valence-electron chi connectivity index (χ3n) is 1.55. The fourth-order valence-corrected chi connectivity index (χ4v) is 0.749. The normalized spacial score (nSPS) is 13.3. The average Bonchev–Trinajstić information content (AvgIpc) is 2.52. The molecular weight excluding hydrogens is 140 g/mol. The molecular formula is C7H14N4. The van der Waals surface area contributed by atoms with Gasteiger partial charge in [-0.25, -0.2) is 4.98 Å². The number of H-pyrrole nitrogens is 1. The van der Waals surface area contributed by atoms with Crippen LogP contribution in [0.1, 0.15) is 12.6 Å². The first-order valence-electron chi connectivity index (χ1n) is 3.73. The highest BCUT2D eigenvalue weighted by molar-refractivity contribution is 4.93. The first kappa shape index (κ1) is 8.23. The van der Waals surface area contributed by atoms with E-state index in [9.17, 15) is 0 Å². The highest BCUT2D eigenvalue weighted by atomic mass is 15.0. The fraction of sp³-hybridized carbons (Fsp3) is 0.571. The molecule has 0 aliphatic heterocycles. The molecule has 4 N–H and O–H groups in total. The average molecular weight is 154 g/mol. The van der Waals surface area contributed by atoms with Gasteiger partial charge in [-0.1, -0.05) is 0 Å². The van der Waals surface area contributed by atoms with Crippen LogP contribution >= 0.6 is 0 Å². The molecule has 0 aliphatic carbocycles. The van der Waals surface area contributed by atoms with Gasteiger partial charge in [0, 0.05) is 31.0 Å². The Balaban J connectivity index is 2.23. The summed E-state index contributed by atoms with van der Waals surface area (Å²) in [6.45, 7) is 3.52. The van der Waals surface area contributed by atoms with Crippen LogP contribution in [0.5, 0.6) is 0 Å². The smallest absolute Gasteiger partial charge is 0.0922 e. The van der Waals surface area contributed by atoms with Crippen LogP contribution in [-0.2, 0) is 6.54 Å². The van der Waals surface area contributed by atoms with Crippen LogP contribution < -0.4 is 11.1 Å². The molecule has 4 heteroatoms. The highest BCUT2D eigenvalue weighted by Gasteiger charge is 1.97. The lowest BCUT2D eigenvalue weighted by Crippen LogP contribution is -2.32. The fourth-order valence-electron chi connectivity index (χ4n) is 0.749. The van der Waals surface area contributed by atoms with E-state index in [-0.39, 0.29) is 0 Å². The number of aromatic amines is 1. The maximum Gasteiger partial charge on any atom is 0.0922 e. The molecule has 1 heterocycles. The van der Waals surface area contributed by atoms with E-state index in [4.69, 9.17) is 5.73 Å². The first-order valence-corrected chi connectivity index (χ1v) is 3.73. The Hall–Kier alpha value is -0.870. The van der Waals surface area contributed by atoms with Crippen LogP contribution in [0.15, 0.2) is 12.5 Å². The van der Waals surface area contributed by atoms with Crippen LogP contribution in [0.4, 0.5) is 0 Å². The maximum absolute atomic E-state index is 5.42. The Morgan fingerprint density at radius 3 is 3.18 bits per heavy atom. The minimum atomic E-state index is 0.360. The number of hydrogen-bond acceptors (Lipinski definition) is 3. The lowest BCUT2D eigenvalue weighted by atomic mass is 10.3. The lowest BCUT2D eigenvalue weighted by molar-refractivity contribution is 0.551. The van der Waals surface area contributed by atoms with Crippen molar-refractivity contribution in [1.82, 2.24) is 15.3 Å². The van der Waals surface area contributed by atoms with E-state index in [2.05, 4.69) is 22.2 Å². The van der Waals surface area contributed by atoms with Crippen LogP contribution in [0.2, 0.25) is 0 Å². The molecule has 1 rings (SSSR count). The lowest BCUT2D eigenvalue weighted by Gasteiger charge is -2.08. The van der Waals surface area contributed by atoms with Crippen LogP contribution in [0, 0.1) is 0 Å². The summed E-state index contributed by atoms with van der Waals surface area (Å²) in [6.07, 6.45) is 3.47. The van der Waals surface area contributed by atoms with Crippen molar-refractivity contribution in [3.63, 3.8) is 0 Å². The Bertz CT molecular complexity index is 182. The third kappa shape index (κ3) is 2.69. The molecule has 0 spiro atoms. The molecule has 0 bridgehead atoms. The Kier molecular flexibility index (Phi) is 3.07. The van der Waals surface area contributed by atoms with Gasteiger partial charge in [-0.2, -0.15) is 0 Å². The van der Waals surface area contributed by atoms with Gasteiger partial charge >= 0.3 is 0 Å². The molecule has 0 aliphatic rings.